The quantitative estimate of drug-likeness (QED) is 0.262. The maximum Gasteiger partial charge on any atom is 0.338 e. The fraction of sp³-hybridized carbons (Fsp3) is 0.292. The summed E-state index contributed by atoms with van der Waals surface area (Å²) in [6.07, 6.45) is 3.60. The molecular weight excluding hydrogens is 409 g/mol. The summed E-state index contributed by atoms with van der Waals surface area (Å²) >= 11 is 0. The van der Waals surface area contributed by atoms with Crippen LogP contribution in [-0.4, -0.2) is 32.2 Å². The first-order valence-electron chi connectivity index (χ1n) is 10.5. The van der Waals surface area contributed by atoms with E-state index in [1.807, 2.05) is 31.2 Å². The number of hydrogen-bond donors (Lipinski definition) is 1. The van der Waals surface area contributed by atoms with Crippen LogP contribution >= 0.6 is 0 Å². The van der Waals surface area contributed by atoms with Crippen LogP contribution in [0.3, 0.4) is 0 Å². The molecule has 0 aliphatic carbocycles. The van der Waals surface area contributed by atoms with Gasteiger partial charge in [-0.2, -0.15) is 0 Å². The Kier molecular flexibility index (Phi) is 5.80. The van der Waals surface area contributed by atoms with Crippen LogP contribution in [0, 0.1) is 5.82 Å². The van der Waals surface area contributed by atoms with Gasteiger partial charge in [0.2, 0.25) is 0 Å². The number of rotatable bonds is 7. The molecule has 0 spiro atoms. The molecule has 0 aliphatic rings. The lowest BCUT2D eigenvalue weighted by Gasteiger charge is -2.11. The maximum absolute atomic E-state index is 14.9. The highest BCUT2D eigenvalue weighted by Gasteiger charge is 2.21. The van der Waals surface area contributed by atoms with Crippen molar-refractivity contribution in [1.82, 2.24) is 19.1 Å². The number of ether oxygens (including phenoxy) is 1. The molecule has 1 atom stereocenters. The molecule has 0 aliphatic heterocycles. The number of methoxy groups -OCH3 is 1. The Hall–Kier alpha value is -3.52. The number of hydrogen-bond acceptors (Lipinski definition) is 5. The minimum Gasteiger partial charge on any atom is -0.465 e. The predicted molar refractivity (Wildman–Crippen MR) is 123 cm³/mol. The lowest BCUT2D eigenvalue weighted by atomic mass is 10.2. The van der Waals surface area contributed by atoms with E-state index < -0.39 is 11.8 Å². The average molecular weight is 436 g/mol. The number of allylic oxidation sites excluding steroid dienone is 1. The first-order valence-corrected chi connectivity index (χ1v) is 10.5. The summed E-state index contributed by atoms with van der Waals surface area (Å²) in [4.78, 5) is 21.4. The Morgan fingerprint density at radius 3 is 2.78 bits per heavy atom. The van der Waals surface area contributed by atoms with E-state index >= 15 is 0 Å². The number of halogens is 1. The molecule has 3 heterocycles. The first kappa shape index (κ1) is 21.7. The molecule has 0 radical (unpaired) electrons. The van der Waals surface area contributed by atoms with E-state index in [-0.39, 0.29) is 11.6 Å². The summed E-state index contributed by atoms with van der Waals surface area (Å²) in [5.74, 6) is -0.556. The van der Waals surface area contributed by atoms with Gasteiger partial charge in [-0.15, -0.1) is 6.58 Å². The van der Waals surface area contributed by atoms with Crippen LogP contribution in [0.25, 0.3) is 33.6 Å². The van der Waals surface area contributed by atoms with Crippen molar-refractivity contribution in [3.63, 3.8) is 0 Å². The third-order valence-corrected chi connectivity index (χ3v) is 5.59. The lowest BCUT2D eigenvalue weighted by Crippen LogP contribution is -2.09. The number of unbranched alkanes of at least 4 members (excludes halogenated alkanes) is 1. The standard InChI is InChI=1S/C24H26FN5O2/c1-5-6-7-10-30-20(13-15-8-9-18(14(2)26)27-22(15)30)23-28-19-12-16(24(31)32-4)11-17(25)21(19)29(23)3/h5,8-9,11-14H,1,6-7,10,26H2,2-4H3/t14-/m1/s1. The highest BCUT2D eigenvalue weighted by atomic mass is 19.1. The fourth-order valence-corrected chi connectivity index (χ4v) is 3.96. The van der Waals surface area contributed by atoms with Gasteiger partial charge in [0.25, 0.3) is 0 Å². The van der Waals surface area contributed by atoms with Crippen LogP contribution < -0.4 is 5.73 Å². The van der Waals surface area contributed by atoms with Gasteiger partial charge in [-0.25, -0.2) is 19.2 Å². The molecule has 0 amide bonds. The number of nitrogens with zero attached hydrogens (tertiary/aromatic N) is 4. The second kappa shape index (κ2) is 8.55. The molecule has 0 saturated heterocycles. The Morgan fingerprint density at radius 2 is 2.09 bits per heavy atom. The molecule has 166 valence electrons. The highest BCUT2D eigenvalue weighted by molar-refractivity contribution is 5.95. The van der Waals surface area contributed by atoms with Crippen LogP contribution in [0.2, 0.25) is 0 Å². The van der Waals surface area contributed by atoms with Gasteiger partial charge in [0, 0.05) is 25.0 Å². The topological polar surface area (TPSA) is 88.0 Å². The Morgan fingerprint density at radius 1 is 1.31 bits per heavy atom. The molecule has 0 fully saturated rings. The van der Waals surface area contributed by atoms with Gasteiger partial charge in [0.05, 0.1) is 29.6 Å². The normalized spacial score (nSPS) is 12.4. The zero-order valence-corrected chi connectivity index (χ0v) is 18.4. The molecule has 3 aromatic heterocycles. The molecule has 8 heteroatoms. The molecule has 0 saturated carbocycles. The number of esters is 1. The van der Waals surface area contributed by atoms with E-state index in [1.54, 1.807) is 17.7 Å². The van der Waals surface area contributed by atoms with E-state index in [0.717, 1.165) is 35.3 Å². The summed E-state index contributed by atoms with van der Waals surface area (Å²) in [5.41, 5.74) is 9.30. The zero-order valence-electron chi connectivity index (χ0n) is 18.4. The number of carbonyl (C=O) groups is 1. The number of pyridine rings is 1. The Balaban J connectivity index is 1.94. The number of aromatic nitrogens is 4. The van der Waals surface area contributed by atoms with E-state index in [4.69, 9.17) is 15.5 Å². The molecule has 32 heavy (non-hydrogen) atoms. The summed E-state index contributed by atoms with van der Waals surface area (Å²) in [5, 5.41) is 0.950. The maximum atomic E-state index is 14.9. The van der Waals surface area contributed by atoms with E-state index in [1.165, 1.54) is 13.2 Å². The van der Waals surface area contributed by atoms with Crippen LogP contribution in [0.15, 0.2) is 43.0 Å². The molecule has 2 N–H and O–H groups in total. The van der Waals surface area contributed by atoms with Gasteiger partial charge in [0.15, 0.2) is 5.82 Å². The largest absolute Gasteiger partial charge is 0.465 e. The fourth-order valence-electron chi connectivity index (χ4n) is 3.96. The minimum absolute atomic E-state index is 0.122. The average Bonchev–Trinajstić information content (AvgIpc) is 3.30. The van der Waals surface area contributed by atoms with Gasteiger partial charge >= 0.3 is 5.97 Å². The second-order valence-electron chi connectivity index (χ2n) is 7.86. The van der Waals surface area contributed by atoms with Crippen molar-refractivity contribution in [3.8, 4) is 11.5 Å². The first-order chi connectivity index (χ1) is 15.3. The van der Waals surface area contributed by atoms with E-state index in [2.05, 4.69) is 16.1 Å². The van der Waals surface area contributed by atoms with Gasteiger partial charge < -0.3 is 19.6 Å². The van der Waals surface area contributed by atoms with Crippen molar-refractivity contribution in [2.24, 2.45) is 12.8 Å². The van der Waals surface area contributed by atoms with Crippen molar-refractivity contribution < 1.29 is 13.9 Å². The summed E-state index contributed by atoms with van der Waals surface area (Å²) in [7, 11) is 3.03. The van der Waals surface area contributed by atoms with E-state index in [0.29, 0.717) is 23.4 Å². The summed E-state index contributed by atoms with van der Waals surface area (Å²) < 4.78 is 23.4. The molecule has 4 rings (SSSR count). The highest BCUT2D eigenvalue weighted by Crippen LogP contribution is 2.31. The number of benzene rings is 1. The third kappa shape index (κ3) is 3.67. The second-order valence-corrected chi connectivity index (χ2v) is 7.86. The van der Waals surface area contributed by atoms with Crippen LogP contribution in [0.1, 0.15) is 41.9 Å². The number of fused-ring (bicyclic) bond motifs is 2. The van der Waals surface area contributed by atoms with Gasteiger partial charge in [-0.05, 0) is 50.1 Å². The minimum atomic E-state index is -0.607. The number of carbonyl (C=O) groups excluding carboxylic acids is 1. The summed E-state index contributed by atoms with van der Waals surface area (Å²) in [6, 6.07) is 8.44. The third-order valence-electron chi connectivity index (χ3n) is 5.59. The Bertz CT molecular complexity index is 1340. The predicted octanol–water partition coefficient (Wildman–Crippen LogP) is 4.50. The van der Waals surface area contributed by atoms with Gasteiger partial charge in [-0.3, -0.25) is 0 Å². The van der Waals surface area contributed by atoms with Crippen molar-refractivity contribution in [3.05, 3.63) is 60.1 Å². The van der Waals surface area contributed by atoms with E-state index in [9.17, 15) is 9.18 Å². The molecule has 4 aromatic rings. The number of nitrogens with two attached hydrogens (primary N) is 1. The number of aryl methyl sites for hydroxylation is 2. The number of imidazole rings is 1. The molecule has 7 nitrogen and oxygen atoms in total. The molecule has 0 unspecified atom stereocenters. The Labute approximate surface area is 185 Å². The summed E-state index contributed by atoms with van der Waals surface area (Å²) in [6.45, 7) is 6.39. The molecule has 1 aromatic carbocycles. The van der Waals surface area contributed by atoms with Gasteiger partial charge in [0.1, 0.15) is 17.0 Å². The van der Waals surface area contributed by atoms with Crippen molar-refractivity contribution in [2.45, 2.75) is 32.4 Å². The SMILES string of the molecule is C=CCCCn1c(-c2nc3cc(C(=O)OC)cc(F)c3n2C)cc2ccc([C@@H](C)N)nc21. The van der Waals surface area contributed by atoms with Crippen molar-refractivity contribution in [2.75, 3.05) is 7.11 Å². The van der Waals surface area contributed by atoms with Crippen molar-refractivity contribution in [1.29, 1.82) is 0 Å². The monoisotopic (exact) mass is 435 g/mol. The zero-order chi connectivity index (χ0) is 23.0. The van der Waals surface area contributed by atoms with Gasteiger partial charge in [-0.1, -0.05) is 6.08 Å². The van der Waals surface area contributed by atoms with Crippen LogP contribution in [0.5, 0.6) is 0 Å². The smallest absolute Gasteiger partial charge is 0.338 e. The molecular formula is C24H26FN5O2. The van der Waals surface area contributed by atoms with Crippen LogP contribution in [0.4, 0.5) is 4.39 Å². The van der Waals surface area contributed by atoms with Crippen molar-refractivity contribution >= 4 is 28.0 Å². The van der Waals surface area contributed by atoms with Crippen LogP contribution in [-0.2, 0) is 18.3 Å². The molecule has 0 bridgehead atoms. The lowest BCUT2D eigenvalue weighted by molar-refractivity contribution is 0.0600.